The molecule has 180 valence electrons. The third kappa shape index (κ3) is 3.76. The third-order valence-corrected chi connectivity index (χ3v) is 15.3. The average molecular weight is 461 g/mol. The molecule has 0 spiro atoms. The van der Waals surface area contributed by atoms with Gasteiger partial charge in [0.05, 0.1) is 0 Å². The van der Waals surface area contributed by atoms with Gasteiger partial charge >= 0.3 is 0 Å². The van der Waals surface area contributed by atoms with E-state index in [2.05, 4.69) is 96.7 Å². The van der Waals surface area contributed by atoms with Crippen molar-refractivity contribution in [2.24, 2.45) is 46.3 Å². The highest BCUT2D eigenvalue weighted by atomic mass is 28.3. The van der Waals surface area contributed by atoms with E-state index < -0.39 is 8.07 Å². The van der Waals surface area contributed by atoms with Crippen LogP contribution >= 0.6 is 0 Å². The van der Waals surface area contributed by atoms with Crippen molar-refractivity contribution >= 4 is 20.0 Å². The molecule has 1 aromatic carbocycles. The van der Waals surface area contributed by atoms with E-state index in [0.29, 0.717) is 10.8 Å². The van der Waals surface area contributed by atoms with E-state index in [1.54, 1.807) is 5.19 Å². The first kappa shape index (κ1) is 24.0. The number of fused-ring (bicyclic) bond motifs is 4. The summed E-state index contributed by atoms with van der Waals surface area (Å²) < 4.78 is 0. The molecule has 4 bridgehead atoms. The Labute approximate surface area is 206 Å². The molecule has 0 unspecified atom stereocenters. The molecule has 0 radical (unpaired) electrons. The topological polar surface area (TPSA) is 0 Å². The first-order chi connectivity index (χ1) is 15.4. The number of hydrogen-bond acceptors (Lipinski definition) is 0. The molecule has 6 saturated carbocycles. The van der Waals surface area contributed by atoms with Gasteiger partial charge in [0.15, 0.2) is 6.71 Å². The van der Waals surface area contributed by atoms with Crippen molar-refractivity contribution < 1.29 is 0 Å². The van der Waals surface area contributed by atoms with Gasteiger partial charge in [-0.1, -0.05) is 133 Å². The zero-order valence-corrected chi connectivity index (χ0v) is 23.8. The largest absolute Gasteiger partial charge is 0.150 e. The van der Waals surface area contributed by atoms with Crippen molar-refractivity contribution in [2.45, 2.75) is 98.3 Å². The molecule has 6 aliphatic carbocycles. The number of hydrogen-bond donors (Lipinski definition) is 0. The fraction of sp³-hybridized carbons (Fsp3) is 0.742. The Kier molecular flexibility index (Phi) is 5.91. The van der Waals surface area contributed by atoms with Crippen LogP contribution in [0.2, 0.25) is 31.0 Å². The summed E-state index contributed by atoms with van der Waals surface area (Å²) in [6.07, 6.45) is 10.0. The maximum atomic E-state index is 2.67. The SMILES string of the molecule is C[C@@H]1[C@H]2C[C@@H](C[C@H]1B(C/C=C/[Si](C)(C)c1ccccc1)[C@@H]1C[C@@H]3C[C@H]([C@H]1C)C3(C)C)C2(C)C. The maximum Gasteiger partial charge on any atom is 0.150 e. The van der Waals surface area contributed by atoms with Gasteiger partial charge in [0.1, 0.15) is 8.07 Å². The summed E-state index contributed by atoms with van der Waals surface area (Å²) in [7, 11) is -1.52. The van der Waals surface area contributed by atoms with Gasteiger partial charge in [0.2, 0.25) is 0 Å². The Balaban J connectivity index is 1.38. The smallest absolute Gasteiger partial charge is 0.0992 e. The highest BCUT2D eigenvalue weighted by molar-refractivity contribution is 6.94. The van der Waals surface area contributed by atoms with E-state index in [1.807, 2.05) is 0 Å². The van der Waals surface area contributed by atoms with Crippen molar-refractivity contribution in [3.63, 3.8) is 0 Å². The summed E-state index contributed by atoms with van der Waals surface area (Å²) in [6.45, 7) is 21.5. The van der Waals surface area contributed by atoms with E-state index in [9.17, 15) is 0 Å². The van der Waals surface area contributed by atoms with E-state index >= 15 is 0 Å². The second-order valence-corrected chi connectivity index (χ2v) is 19.0. The van der Waals surface area contributed by atoms with Crippen LogP contribution in [0.3, 0.4) is 0 Å². The van der Waals surface area contributed by atoms with Crippen molar-refractivity contribution in [1.29, 1.82) is 0 Å². The van der Waals surface area contributed by atoms with Gasteiger partial charge in [0, 0.05) is 0 Å². The monoisotopic (exact) mass is 460 g/mol. The Morgan fingerprint density at radius 2 is 1.30 bits per heavy atom. The van der Waals surface area contributed by atoms with E-state index in [-0.39, 0.29) is 0 Å². The molecule has 0 heterocycles. The standard InChI is InChI=1S/C31H49BSi/c1-21-26-17-23(30(26,3)4)19-28(21)32(29-20-24-18-27(22(29)2)31(24,5)6)15-12-16-33(7,8)25-13-10-9-11-14-25/h9-14,16,21-24,26-29H,15,17-20H2,1-8H3/b16-12+/t21-,22-,23+,24+,26-,27-,28-,29-/m1/s1. The minimum atomic E-state index is -1.52. The lowest BCUT2D eigenvalue weighted by molar-refractivity contribution is -0.107. The quantitative estimate of drug-likeness (QED) is 0.374. The van der Waals surface area contributed by atoms with Crippen LogP contribution in [0, 0.1) is 46.3 Å². The highest BCUT2D eigenvalue weighted by Gasteiger charge is 2.62. The Morgan fingerprint density at radius 1 is 0.818 bits per heavy atom. The van der Waals surface area contributed by atoms with Gasteiger partial charge < -0.3 is 0 Å². The molecule has 6 fully saturated rings. The third-order valence-electron chi connectivity index (χ3n) is 12.4. The van der Waals surface area contributed by atoms with Crippen LogP contribution < -0.4 is 5.19 Å². The van der Waals surface area contributed by atoms with Crippen LogP contribution in [-0.4, -0.2) is 14.8 Å². The predicted molar refractivity (Wildman–Crippen MR) is 149 cm³/mol. The Hall–Kier alpha value is -0.758. The summed E-state index contributed by atoms with van der Waals surface area (Å²) in [6, 6.07) is 11.3. The molecule has 8 atom stereocenters. The summed E-state index contributed by atoms with van der Waals surface area (Å²) in [5, 5.41) is 1.57. The number of benzene rings is 1. The summed E-state index contributed by atoms with van der Waals surface area (Å²) >= 11 is 0. The number of rotatable bonds is 6. The molecule has 0 saturated heterocycles. The molecule has 0 nitrogen and oxygen atoms in total. The lowest BCUT2D eigenvalue weighted by Crippen LogP contribution is -2.59. The van der Waals surface area contributed by atoms with Gasteiger partial charge in [-0.15, -0.1) is 0 Å². The van der Waals surface area contributed by atoms with Crippen LogP contribution in [0.5, 0.6) is 0 Å². The Morgan fingerprint density at radius 3 is 1.73 bits per heavy atom. The second kappa shape index (κ2) is 8.14. The van der Waals surface area contributed by atoms with Crippen molar-refractivity contribution in [1.82, 2.24) is 0 Å². The lowest BCUT2D eigenvalue weighted by Gasteiger charge is -2.66. The predicted octanol–water partition coefficient (Wildman–Crippen LogP) is 8.34. The molecule has 1 aromatic rings. The first-order valence-electron chi connectivity index (χ1n) is 14.2. The van der Waals surface area contributed by atoms with E-state index in [4.69, 9.17) is 0 Å². The fourth-order valence-corrected chi connectivity index (χ4v) is 11.6. The van der Waals surface area contributed by atoms with Gasteiger partial charge in [-0.25, -0.2) is 0 Å². The summed E-state index contributed by atoms with van der Waals surface area (Å²) in [5.41, 5.74) is 3.87. The van der Waals surface area contributed by atoms with Gasteiger partial charge in [-0.2, -0.15) is 0 Å². The van der Waals surface area contributed by atoms with Crippen LogP contribution in [0.4, 0.5) is 0 Å². The summed E-state index contributed by atoms with van der Waals surface area (Å²) in [5.74, 6) is 7.59. The molecule has 7 rings (SSSR count). The van der Waals surface area contributed by atoms with E-state index in [0.717, 1.165) is 53.9 Å². The van der Waals surface area contributed by atoms with Gasteiger partial charge in [0.25, 0.3) is 0 Å². The van der Waals surface area contributed by atoms with E-state index in [1.165, 1.54) is 32.0 Å². The molecule has 2 heteroatoms. The van der Waals surface area contributed by atoms with Crippen LogP contribution in [0.1, 0.15) is 67.2 Å². The molecule has 0 aliphatic heterocycles. The van der Waals surface area contributed by atoms with Gasteiger partial charge in [-0.05, 0) is 59.2 Å². The van der Waals surface area contributed by atoms with Crippen molar-refractivity contribution in [3.05, 3.63) is 42.1 Å². The average Bonchev–Trinajstić information content (AvgIpc) is 2.77. The Bertz CT molecular complexity index is 841. The molecular weight excluding hydrogens is 411 g/mol. The number of allylic oxidation sites excluding steroid dienone is 1. The zero-order chi connectivity index (χ0) is 23.8. The fourth-order valence-electron chi connectivity index (χ4n) is 9.66. The van der Waals surface area contributed by atoms with Crippen LogP contribution in [-0.2, 0) is 0 Å². The zero-order valence-electron chi connectivity index (χ0n) is 22.8. The summed E-state index contributed by atoms with van der Waals surface area (Å²) in [4.78, 5) is 0. The molecule has 33 heavy (non-hydrogen) atoms. The normalized spacial score (nSPS) is 40.7. The molecule has 0 N–H and O–H groups in total. The molecular formula is C31H49BSi. The molecule has 6 aliphatic rings. The molecule has 0 aromatic heterocycles. The lowest BCUT2D eigenvalue weighted by atomic mass is 9.20. The molecule has 0 amide bonds. The van der Waals surface area contributed by atoms with Crippen molar-refractivity contribution in [3.8, 4) is 0 Å². The van der Waals surface area contributed by atoms with Gasteiger partial charge in [-0.3, -0.25) is 0 Å². The second-order valence-electron chi connectivity index (χ2n) is 14.6. The van der Waals surface area contributed by atoms with Crippen LogP contribution in [0.15, 0.2) is 42.1 Å². The minimum Gasteiger partial charge on any atom is -0.0992 e. The minimum absolute atomic E-state index is 0.598. The van der Waals surface area contributed by atoms with Crippen LogP contribution in [0.25, 0.3) is 0 Å². The maximum absolute atomic E-state index is 2.67. The first-order valence-corrected chi connectivity index (χ1v) is 17.3. The van der Waals surface area contributed by atoms with Crippen molar-refractivity contribution in [2.75, 3.05) is 0 Å². The highest BCUT2D eigenvalue weighted by Crippen LogP contribution is 2.69.